The second kappa shape index (κ2) is 7.29. The summed E-state index contributed by atoms with van der Waals surface area (Å²) in [7, 11) is 0. The second-order valence-corrected chi connectivity index (χ2v) is 10.6. The van der Waals surface area contributed by atoms with Crippen LogP contribution < -0.4 is 4.74 Å². The van der Waals surface area contributed by atoms with Crippen LogP contribution in [-0.4, -0.2) is 26.8 Å². The van der Waals surface area contributed by atoms with E-state index in [4.69, 9.17) is 27.9 Å². The molecule has 2 bridgehead atoms. The van der Waals surface area contributed by atoms with Gasteiger partial charge in [-0.25, -0.2) is 9.07 Å². The van der Waals surface area contributed by atoms with Gasteiger partial charge in [-0.15, -0.1) is 0 Å². The lowest BCUT2D eigenvalue weighted by Crippen LogP contribution is -2.65. The molecule has 5 nitrogen and oxygen atoms in total. The van der Waals surface area contributed by atoms with Crippen molar-refractivity contribution in [1.29, 1.82) is 0 Å². The van der Waals surface area contributed by atoms with Crippen LogP contribution in [0.2, 0.25) is 10.0 Å². The third kappa shape index (κ3) is 3.38. The van der Waals surface area contributed by atoms with Crippen LogP contribution in [0.25, 0.3) is 5.69 Å². The standard InChI is InChI=1S/C25H21Cl2FN2O3/c26-15-1-4-22-17(5-15)20(31)7-23(33-22)21(32)8-24-11-25(12-24,13-24)14-9-29-30(10-14)16-2-3-18(27)19(28)6-16/h1-6,9-10,20,23,31H,7-8,11-13H2/t20-,23-,24?,25?/m1/s1. The van der Waals surface area contributed by atoms with Crippen molar-refractivity contribution in [3.8, 4) is 11.4 Å². The molecule has 170 valence electrons. The highest BCUT2D eigenvalue weighted by molar-refractivity contribution is 6.31. The highest BCUT2D eigenvalue weighted by atomic mass is 35.5. The van der Waals surface area contributed by atoms with Gasteiger partial charge in [0.15, 0.2) is 11.9 Å². The zero-order chi connectivity index (χ0) is 23.0. The van der Waals surface area contributed by atoms with E-state index in [2.05, 4.69) is 5.10 Å². The first kappa shape index (κ1) is 21.1. The number of ether oxygens (including phenoxy) is 1. The number of benzene rings is 2. The lowest BCUT2D eigenvalue weighted by molar-refractivity contribution is -0.163. The molecule has 1 aromatic heterocycles. The summed E-state index contributed by atoms with van der Waals surface area (Å²) in [5.74, 6) is 0.0851. The fraction of sp³-hybridized carbons (Fsp3) is 0.360. The van der Waals surface area contributed by atoms with Crippen molar-refractivity contribution in [1.82, 2.24) is 9.78 Å². The van der Waals surface area contributed by atoms with Crippen molar-refractivity contribution < 1.29 is 19.0 Å². The van der Waals surface area contributed by atoms with E-state index in [0.717, 1.165) is 24.8 Å². The summed E-state index contributed by atoms with van der Waals surface area (Å²) in [5.41, 5.74) is 2.41. The Bertz CT molecular complexity index is 1270. The first-order chi connectivity index (χ1) is 15.8. The zero-order valence-corrected chi connectivity index (χ0v) is 19.1. The van der Waals surface area contributed by atoms with Crippen molar-refractivity contribution in [3.05, 3.63) is 75.8 Å². The lowest BCUT2D eigenvalue weighted by atomic mass is 9.32. The number of nitrogens with zero attached hydrogens (tertiary/aromatic N) is 2. The summed E-state index contributed by atoms with van der Waals surface area (Å²) < 4.78 is 21.4. The molecule has 1 N–H and O–H groups in total. The Labute approximate surface area is 200 Å². The Morgan fingerprint density at radius 3 is 2.76 bits per heavy atom. The van der Waals surface area contributed by atoms with Gasteiger partial charge in [-0.2, -0.15) is 5.10 Å². The summed E-state index contributed by atoms with van der Waals surface area (Å²) in [6.07, 6.45) is 5.85. The number of rotatable bonds is 5. The molecule has 1 aliphatic heterocycles. The van der Waals surface area contributed by atoms with Crippen LogP contribution in [0.4, 0.5) is 4.39 Å². The number of aliphatic hydroxyl groups excluding tert-OH is 1. The summed E-state index contributed by atoms with van der Waals surface area (Å²) in [4.78, 5) is 13.0. The summed E-state index contributed by atoms with van der Waals surface area (Å²) in [6, 6.07) is 9.71. The van der Waals surface area contributed by atoms with E-state index >= 15 is 0 Å². The molecule has 2 heterocycles. The van der Waals surface area contributed by atoms with Gasteiger partial charge < -0.3 is 9.84 Å². The molecule has 0 unspecified atom stereocenters. The molecule has 3 aromatic rings. The number of aromatic nitrogens is 2. The molecule has 8 heteroatoms. The summed E-state index contributed by atoms with van der Waals surface area (Å²) >= 11 is 11.8. The first-order valence-electron chi connectivity index (χ1n) is 10.9. The second-order valence-electron chi connectivity index (χ2n) is 9.77. The minimum atomic E-state index is -0.760. The van der Waals surface area contributed by atoms with E-state index in [0.29, 0.717) is 28.4 Å². The maximum atomic E-state index is 13.8. The monoisotopic (exact) mass is 486 g/mol. The van der Waals surface area contributed by atoms with Crippen LogP contribution in [-0.2, 0) is 10.2 Å². The van der Waals surface area contributed by atoms with E-state index in [1.807, 2.05) is 12.4 Å². The number of ketones is 1. The highest BCUT2D eigenvalue weighted by Crippen LogP contribution is 2.75. The van der Waals surface area contributed by atoms with Gasteiger partial charge in [0.2, 0.25) is 0 Å². The molecular formula is C25H21Cl2FN2O3. The van der Waals surface area contributed by atoms with Crippen LogP contribution in [0.15, 0.2) is 48.8 Å². The molecule has 0 saturated heterocycles. The zero-order valence-electron chi connectivity index (χ0n) is 17.6. The lowest BCUT2D eigenvalue weighted by Gasteiger charge is -2.71. The Hall–Kier alpha value is -2.41. The topological polar surface area (TPSA) is 64.4 Å². The SMILES string of the molecule is O=C(CC12CC(c3cnn(-c4ccc(Cl)c(F)c4)c3)(C1)C2)[C@H]1C[C@@H](O)c2cc(Cl)ccc2O1. The number of halogens is 3. The van der Waals surface area contributed by atoms with Gasteiger partial charge in [0, 0.05) is 41.1 Å². The van der Waals surface area contributed by atoms with E-state index in [-0.39, 0.29) is 28.1 Å². The molecule has 33 heavy (non-hydrogen) atoms. The average molecular weight is 487 g/mol. The van der Waals surface area contributed by atoms with Gasteiger partial charge in [0.25, 0.3) is 0 Å². The third-order valence-corrected chi connectivity index (χ3v) is 7.99. The van der Waals surface area contributed by atoms with Crippen LogP contribution in [0.1, 0.15) is 49.3 Å². The number of hydrogen-bond donors (Lipinski definition) is 1. The number of carbonyl (C=O) groups is 1. The molecule has 0 amide bonds. The molecule has 0 spiro atoms. The van der Waals surface area contributed by atoms with Crippen LogP contribution >= 0.6 is 23.2 Å². The predicted octanol–water partition coefficient (Wildman–Crippen LogP) is 5.58. The average Bonchev–Trinajstić information content (AvgIpc) is 3.21. The van der Waals surface area contributed by atoms with Gasteiger partial charge in [-0.3, -0.25) is 4.79 Å². The molecule has 4 aliphatic rings. The molecule has 3 saturated carbocycles. The molecule has 7 rings (SSSR count). The molecular weight excluding hydrogens is 466 g/mol. The molecule has 3 fully saturated rings. The number of fused-ring (bicyclic) bond motifs is 1. The molecule has 0 radical (unpaired) electrons. The van der Waals surface area contributed by atoms with Gasteiger partial charge >= 0.3 is 0 Å². The maximum Gasteiger partial charge on any atom is 0.173 e. The van der Waals surface area contributed by atoms with Gasteiger partial charge in [0.05, 0.1) is 23.0 Å². The fourth-order valence-corrected chi connectivity index (χ4v) is 6.25. The first-order valence-corrected chi connectivity index (χ1v) is 11.7. The Kier molecular flexibility index (Phi) is 4.67. The smallest absolute Gasteiger partial charge is 0.173 e. The fourth-order valence-electron chi connectivity index (χ4n) is 5.96. The third-order valence-electron chi connectivity index (χ3n) is 7.45. The quantitative estimate of drug-likeness (QED) is 0.510. The number of Topliss-reactive ketones (excluding diaryl/α,β-unsaturated/α-hetero) is 1. The summed E-state index contributed by atoms with van der Waals surface area (Å²) in [6.45, 7) is 0. The van der Waals surface area contributed by atoms with Crippen molar-refractivity contribution in [2.75, 3.05) is 0 Å². The van der Waals surface area contributed by atoms with Crippen molar-refractivity contribution in [2.24, 2.45) is 5.41 Å². The van der Waals surface area contributed by atoms with Gasteiger partial charge in [-0.05, 0) is 60.6 Å². The van der Waals surface area contributed by atoms with Crippen molar-refractivity contribution in [2.45, 2.75) is 49.7 Å². The van der Waals surface area contributed by atoms with Crippen molar-refractivity contribution >= 4 is 29.0 Å². The van der Waals surface area contributed by atoms with Crippen LogP contribution in [0, 0.1) is 11.2 Å². The normalized spacial score (nSPS) is 29.5. The van der Waals surface area contributed by atoms with Gasteiger partial charge in [0.1, 0.15) is 11.6 Å². The van der Waals surface area contributed by atoms with Crippen LogP contribution in [0.3, 0.4) is 0 Å². The predicted molar refractivity (Wildman–Crippen MR) is 122 cm³/mol. The number of aliphatic hydroxyl groups is 1. The summed E-state index contributed by atoms with van der Waals surface area (Å²) in [5, 5.41) is 15.5. The maximum absolute atomic E-state index is 13.8. The minimum absolute atomic E-state index is 0.000148. The highest BCUT2D eigenvalue weighted by Gasteiger charge is 2.69. The number of carbonyl (C=O) groups excluding carboxylic acids is 1. The molecule has 2 atom stereocenters. The van der Waals surface area contributed by atoms with E-state index in [1.54, 1.807) is 28.9 Å². The van der Waals surface area contributed by atoms with E-state index in [1.165, 1.54) is 12.1 Å². The molecule has 3 aliphatic carbocycles. The minimum Gasteiger partial charge on any atom is -0.482 e. The van der Waals surface area contributed by atoms with E-state index in [9.17, 15) is 14.3 Å². The Balaban J connectivity index is 1.11. The van der Waals surface area contributed by atoms with E-state index < -0.39 is 18.0 Å². The van der Waals surface area contributed by atoms with Crippen LogP contribution in [0.5, 0.6) is 5.75 Å². The Morgan fingerprint density at radius 1 is 1.21 bits per heavy atom. The largest absolute Gasteiger partial charge is 0.482 e. The number of hydrogen-bond acceptors (Lipinski definition) is 4. The molecule has 2 aromatic carbocycles. The van der Waals surface area contributed by atoms with Crippen molar-refractivity contribution in [3.63, 3.8) is 0 Å². The Morgan fingerprint density at radius 2 is 2.00 bits per heavy atom. The van der Waals surface area contributed by atoms with Gasteiger partial charge in [-0.1, -0.05) is 23.2 Å².